The molecule has 96 valence electrons. The molecule has 0 saturated heterocycles. The van der Waals surface area contributed by atoms with Gasteiger partial charge in [-0.25, -0.2) is 0 Å². The van der Waals surface area contributed by atoms with E-state index in [9.17, 15) is 0 Å². The molecule has 0 aliphatic carbocycles. The van der Waals surface area contributed by atoms with Crippen molar-refractivity contribution in [2.45, 2.75) is 50.8 Å². The van der Waals surface area contributed by atoms with Crippen LogP contribution >= 0.6 is 12.6 Å². The van der Waals surface area contributed by atoms with Gasteiger partial charge in [0.25, 0.3) is 0 Å². The molecule has 16 heavy (non-hydrogen) atoms. The second kappa shape index (κ2) is 9.78. The molecule has 2 unspecified atom stereocenters. The normalized spacial score (nSPS) is 14.4. The molecule has 2 atom stereocenters. The number of nitrogens with one attached hydrogen (secondary N) is 1. The van der Waals surface area contributed by atoms with Crippen molar-refractivity contribution >= 4 is 18.6 Å². The van der Waals surface area contributed by atoms with E-state index in [4.69, 9.17) is 11.5 Å². The first-order valence-corrected chi connectivity index (χ1v) is 6.54. The fourth-order valence-electron chi connectivity index (χ4n) is 1.38. The van der Waals surface area contributed by atoms with E-state index < -0.39 is 0 Å². The van der Waals surface area contributed by atoms with E-state index in [0.29, 0.717) is 17.8 Å². The average molecular weight is 246 g/mol. The lowest BCUT2D eigenvalue weighted by Gasteiger charge is -2.15. The van der Waals surface area contributed by atoms with Gasteiger partial charge < -0.3 is 16.8 Å². The quantitative estimate of drug-likeness (QED) is 0.213. The van der Waals surface area contributed by atoms with Crippen LogP contribution in [-0.4, -0.2) is 30.3 Å². The summed E-state index contributed by atoms with van der Waals surface area (Å²) in [6.07, 6.45) is 4.45. The number of rotatable bonds is 9. The maximum Gasteiger partial charge on any atom is 0.185 e. The molecule has 0 aromatic heterocycles. The van der Waals surface area contributed by atoms with Gasteiger partial charge in [-0.15, -0.1) is 0 Å². The number of nitrogens with zero attached hydrogens (tertiary/aromatic N) is 1. The summed E-state index contributed by atoms with van der Waals surface area (Å²) in [6, 6.07) is 0.542. The van der Waals surface area contributed by atoms with Crippen LogP contribution in [0.4, 0.5) is 0 Å². The molecule has 0 aliphatic rings. The third-order valence-electron chi connectivity index (χ3n) is 2.53. The Morgan fingerprint density at radius 1 is 1.38 bits per heavy atom. The Morgan fingerprint density at radius 2 is 2.06 bits per heavy atom. The number of aliphatic imine (C=N–C) groups is 1. The zero-order valence-electron chi connectivity index (χ0n) is 10.4. The average Bonchev–Trinajstić information content (AvgIpc) is 2.24. The summed E-state index contributed by atoms with van der Waals surface area (Å²) >= 11 is 4.48. The molecule has 0 spiro atoms. The molecule has 0 aromatic carbocycles. The van der Waals surface area contributed by atoms with Gasteiger partial charge >= 0.3 is 0 Å². The SMILES string of the molecule is CCC(S)CCC(C)NCCCN=C(N)N. The minimum absolute atomic E-state index is 0.175. The van der Waals surface area contributed by atoms with Crippen molar-refractivity contribution in [1.29, 1.82) is 0 Å². The Labute approximate surface area is 105 Å². The summed E-state index contributed by atoms with van der Waals surface area (Å²) in [6.45, 7) is 6.04. The highest BCUT2D eigenvalue weighted by Gasteiger charge is 2.04. The minimum atomic E-state index is 0.175. The Hall–Kier alpha value is -0.420. The molecule has 5 heteroatoms. The molecule has 0 aliphatic heterocycles. The van der Waals surface area contributed by atoms with Gasteiger partial charge in [0.1, 0.15) is 0 Å². The maximum absolute atomic E-state index is 5.23. The summed E-state index contributed by atoms with van der Waals surface area (Å²) in [5.74, 6) is 0.175. The second-order valence-electron chi connectivity index (χ2n) is 4.15. The molecule has 4 nitrogen and oxygen atoms in total. The van der Waals surface area contributed by atoms with E-state index in [1.54, 1.807) is 0 Å². The van der Waals surface area contributed by atoms with E-state index in [2.05, 4.69) is 36.8 Å². The molecular weight excluding hydrogens is 220 g/mol. The standard InChI is InChI=1S/C11H26N4S/c1-3-10(16)6-5-9(2)14-7-4-8-15-11(12)13/h9-10,14,16H,3-8H2,1-2H3,(H4,12,13,15). The highest BCUT2D eigenvalue weighted by Crippen LogP contribution is 2.10. The van der Waals surface area contributed by atoms with Crippen LogP contribution in [0.2, 0.25) is 0 Å². The van der Waals surface area contributed by atoms with Crippen LogP contribution < -0.4 is 16.8 Å². The number of hydrogen-bond acceptors (Lipinski definition) is 3. The Kier molecular flexibility index (Phi) is 9.52. The highest BCUT2D eigenvalue weighted by molar-refractivity contribution is 7.80. The first kappa shape index (κ1) is 15.6. The lowest BCUT2D eigenvalue weighted by molar-refractivity contribution is 0.488. The molecule has 0 amide bonds. The molecular formula is C11H26N4S. The van der Waals surface area contributed by atoms with Gasteiger partial charge in [-0.05, 0) is 39.2 Å². The predicted molar refractivity (Wildman–Crippen MR) is 75.1 cm³/mol. The van der Waals surface area contributed by atoms with Crippen LogP contribution in [0.1, 0.15) is 39.5 Å². The van der Waals surface area contributed by atoms with Gasteiger partial charge in [-0.3, -0.25) is 4.99 Å². The Bertz CT molecular complexity index is 192. The van der Waals surface area contributed by atoms with Gasteiger partial charge in [0, 0.05) is 17.8 Å². The van der Waals surface area contributed by atoms with E-state index in [-0.39, 0.29) is 5.96 Å². The number of thiol groups is 1. The summed E-state index contributed by atoms with van der Waals surface area (Å²) in [7, 11) is 0. The fourth-order valence-corrected chi connectivity index (χ4v) is 1.53. The first-order valence-electron chi connectivity index (χ1n) is 6.03. The van der Waals surface area contributed by atoms with Gasteiger partial charge in [0.2, 0.25) is 0 Å². The second-order valence-corrected chi connectivity index (χ2v) is 4.89. The number of hydrogen-bond donors (Lipinski definition) is 4. The van der Waals surface area contributed by atoms with E-state index in [1.165, 1.54) is 12.8 Å². The van der Waals surface area contributed by atoms with Crippen LogP contribution in [0.25, 0.3) is 0 Å². The first-order chi connectivity index (χ1) is 7.56. The highest BCUT2D eigenvalue weighted by atomic mass is 32.1. The lowest BCUT2D eigenvalue weighted by atomic mass is 10.1. The van der Waals surface area contributed by atoms with Crippen LogP contribution in [0, 0.1) is 0 Å². The molecule has 0 fully saturated rings. The fraction of sp³-hybridized carbons (Fsp3) is 0.909. The summed E-state index contributed by atoms with van der Waals surface area (Å²) < 4.78 is 0. The van der Waals surface area contributed by atoms with Gasteiger partial charge in [-0.1, -0.05) is 6.92 Å². The molecule has 0 heterocycles. The summed E-state index contributed by atoms with van der Waals surface area (Å²) in [5.41, 5.74) is 10.5. The molecule has 0 saturated carbocycles. The predicted octanol–water partition coefficient (Wildman–Crippen LogP) is 1.12. The summed E-state index contributed by atoms with van der Waals surface area (Å²) in [5, 5.41) is 3.98. The molecule has 0 rings (SSSR count). The zero-order valence-corrected chi connectivity index (χ0v) is 11.3. The van der Waals surface area contributed by atoms with E-state index in [0.717, 1.165) is 19.4 Å². The minimum Gasteiger partial charge on any atom is -0.370 e. The van der Waals surface area contributed by atoms with Gasteiger partial charge in [0.05, 0.1) is 0 Å². The monoisotopic (exact) mass is 246 g/mol. The van der Waals surface area contributed by atoms with Crippen molar-refractivity contribution in [3.05, 3.63) is 0 Å². The van der Waals surface area contributed by atoms with Crippen molar-refractivity contribution in [2.75, 3.05) is 13.1 Å². The van der Waals surface area contributed by atoms with E-state index >= 15 is 0 Å². The Balaban J connectivity index is 3.37. The molecule has 0 aromatic rings. The molecule has 0 bridgehead atoms. The lowest BCUT2D eigenvalue weighted by Crippen LogP contribution is -2.28. The third kappa shape index (κ3) is 10.1. The van der Waals surface area contributed by atoms with Crippen LogP contribution in [-0.2, 0) is 0 Å². The van der Waals surface area contributed by atoms with Crippen molar-refractivity contribution in [3.8, 4) is 0 Å². The maximum atomic E-state index is 5.23. The topological polar surface area (TPSA) is 76.4 Å². The largest absolute Gasteiger partial charge is 0.370 e. The molecule has 5 N–H and O–H groups in total. The van der Waals surface area contributed by atoms with Crippen molar-refractivity contribution in [3.63, 3.8) is 0 Å². The zero-order chi connectivity index (χ0) is 12.4. The van der Waals surface area contributed by atoms with Gasteiger partial charge in [0.15, 0.2) is 5.96 Å². The number of guanidine groups is 1. The van der Waals surface area contributed by atoms with Crippen molar-refractivity contribution in [2.24, 2.45) is 16.5 Å². The third-order valence-corrected chi connectivity index (χ3v) is 3.15. The van der Waals surface area contributed by atoms with Crippen LogP contribution in [0.3, 0.4) is 0 Å². The summed E-state index contributed by atoms with van der Waals surface area (Å²) in [4.78, 5) is 3.93. The number of nitrogens with two attached hydrogens (primary N) is 2. The smallest absolute Gasteiger partial charge is 0.185 e. The van der Waals surface area contributed by atoms with Crippen LogP contribution in [0.5, 0.6) is 0 Å². The van der Waals surface area contributed by atoms with Crippen LogP contribution in [0.15, 0.2) is 4.99 Å². The van der Waals surface area contributed by atoms with Crippen molar-refractivity contribution < 1.29 is 0 Å². The van der Waals surface area contributed by atoms with Gasteiger partial charge in [-0.2, -0.15) is 12.6 Å². The molecule has 0 radical (unpaired) electrons. The van der Waals surface area contributed by atoms with Crippen molar-refractivity contribution in [1.82, 2.24) is 5.32 Å². The van der Waals surface area contributed by atoms with E-state index in [1.807, 2.05) is 0 Å². The Morgan fingerprint density at radius 3 is 2.62 bits per heavy atom.